The molecule has 1 aliphatic rings. The van der Waals surface area contributed by atoms with E-state index in [9.17, 15) is 4.79 Å². The summed E-state index contributed by atoms with van der Waals surface area (Å²) in [7, 11) is 0. The molecule has 24 heavy (non-hydrogen) atoms. The Morgan fingerprint density at radius 3 is 3.21 bits per heavy atom. The zero-order chi connectivity index (χ0) is 16.5. The summed E-state index contributed by atoms with van der Waals surface area (Å²) in [6.07, 6.45) is 3.25. The minimum Gasteiger partial charge on any atom is -0.354 e. The molecule has 4 heterocycles. The molecule has 0 saturated carbocycles. The second-order valence-corrected chi connectivity index (χ2v) is 6.61. The molecule has 4 rings (SSSR count). The van der Waals surface area contributed by atoms with E-state index in [2.05, 4.69) is 35.5 Å². The lowest BCUT2D eigenvalue weighted by Crippen LogP contribution is -2.41. The smallest absolute Gasteiger partial charge is 0.231 e. The van der Waals surface area contributed by atoms with E-state index in [4.69, 9.17) is 11.6 Å². The SMILES string of the molecule is O=C(Nc1nncs1)[C@H]1CCCN(c2nc(Cl)nc3nc[nH]c23)C1. The molecule has 1 saturated heterocycles. The van der Waals surface area contributed by atoms with Crippen LogP contribution >= 0.6 is 22.9 Å². The topological polar surface area (TPSA) is 113 Å². The molecule has 124 valence electrons. The van der Waals surface area contributed by atoms with Crippen molar-refractivity contribution in [3.8, 4) is 0 Å². The summed E-state index contributed by atoms with van der Waals surface area (Å²) in [4.78, 5) is 30.1. The molecule has 2 N–H and O–H groups in total. The van der Waals surface area contributed by atoms with Gasteiger partial charge in [-0.3, -0.25) is 4.79 Å². The standard InChI is InChI=1S/C13H13ClN8OS/c14-12-18-9-8(15-5-16-9)10(19-12)22-3-1-2-7(4-22)11(23)20-13-21-17-6-24-13/h5-7H,1-4H2,(H,20,21,23)(H,15,16,18,19)/t7-/m0/s1. The van der Waals surface area contributed by atoms with Crippen molar-refractivity contribution in [3.63, 3.8) is 0 Å². The fourth-order valence-corrected chi connectivity index (χ4v) is 3.45. The molecule has 0 bridgehead atoms. The number of rotatable bonds is 3. The van der Waals surface area contributed by atoms with Gasteiger partial charge in [-0.05, 0) is 24.4 Å². The monoisotopic (exact) mass is 364 g/mol. The lowest BCUT2D eigenvalue weighted by Gasteiger charge is -2.32. The molecule has 3 aromatic rings. The van der Waals surface area contributed by atoms with Crippen molar-refractivity contribution >= 4 is 51.0 Å². The number of carbonyl (C=O) groups excluding carboxylic acids is 1. The van der Waals surface area contributed by atoms with Crippen molar-refractivity contribution in [1.82, 2.24) is 30.1 Å². The highest BCUT2D eigenvalue weighted by Crippen LogP contribution is 2.28. The Kier molecular flexibility index (Phi) is 3.98. The Balaban J connectivity index is 1.56. The first kappa shape index (κ1) is 15.2. The van der Waals surface area contributed by atoms with Gasteiger partial charge in [-0.2, -0.15) is 9.97 Å². The summed E-state index contributed by atoms with van der Waals surface area (Å²) in [6.45, 7) is 1.34. The van der Waals surface area contributed by atoms with Crippen LogP contribution in [0.4, 0.5) is 10.9 Å². The molecule has 0 unspecified atom stereocenters. The lowest BCUT2D eigenvalue weighted by atomic mass is 9.97. The zero-order valence-corrected chi connectivity index (χ0v) is 14.0. The van der Waals surface area contributed by atoms with Crippen LogP contribution in [0.5, 0.6) is 0 Å². The third-order valence-corrected chi connectivity index (χ3v) is 4.70. The predicted molar refractivity (Wildman–Crippen MR) is 90.2 cm³/mol. The Morgan fingerprint density at radius 2 is 2.38 bits per heavy atom. The fraction of sp³-hybridized carbons (Fsp3) is 0.385. The Bertz CT molecular complexity index is 866. The molecule has 0 aromatic carbocycles. The van der Waals surface area contributed by atoms with E-state index in [1.165, 1.54) is 11.3 Å². The highest BCUT2D eigenvalue weighted by Gasteiger charge is 2.28. The van der Waals surface area contributed by atoms with E-state index < -0.39 is 0 Å². The molecule has 3 aromatic heterocycles. The second-order valence-electron chi connectivity index (χ2n) is 5.44. The molecule has 1 amide bonds. The Hall–Kier alpha value is -2.33. The Morgan fingerprint density at radius 1 is 1.46 bits per heavy atom. The van der Waals surface area contributed by atoms with Crippen LogP contribution in [0.1, 0.15) is 12.8 Å². The van der Waals surface area contributed by atoms with Crippen LogP contribution < -0.4 is 10.2 Å². The number of hydrogen-bond donors (Lipinski definition) is 2. The molecule has 1 aliphatic heterocycles. The molecule has 1 fully saturated rings. The summed E-state index contributed by atoms with van der Waals surface area (Å²) in [5.41, 5.74) is 2.83. The van der Waals surface area contributed by atoms with Crippen molar-refractivity contribution < 1.29 is 4.79 Å². The van der Waals surface area contributed by atoms with Gasteiger partial charge >= 0.3 is 0 Å². The van der Waals surface area contributed by atoms with Gasteiger partial charge in [0.25, 0.3) is 0 Å². The van der Waals surface area contributed by atoms with Crippen LogP contribution in [0.25, 0.3) is 11.2 Å². The number of H-pyrrole nitrogens is 1. The lowest BCUT2D eigenvalue weighted by molar-refractivity contribution is -0.120. The highest BCUT2D eigenvalue weighted by atomic mass is 35.5. The van der Waals surface area contributed by atoms with Crippen LogP contribution in [0, 0.1) is 5.92 Å². The maximum Gasteiger partial charge on any atom is 0.231 e. The van der Waals surface area contributed by atoms with Crippen LogP contribution in [0.15, 0.2) is 11.8 Å². The molecule has 11 heteroatoms. The Labute approximate surface area is 145 Å². The maximum absolute atomic E-state index is 12.4. The van der Waals surface area contributed by atoms with Crippen LogP contribution in [0.2, 0.25) is 5.28 Å². The summed E-state index contributed by atoms with van der Waals surface area (Å²) in [5, 5.41) is 11.0. The first-order valence-electron chi connectivity index (χ1n) is 7.39. The molecule has 0 spiro atoms. The minimum atomic E-state index is -0.158. The molecule has 9 nitrogen and oxygen atoms in total. The maximum atomic E-state index is 12.4. The number of nitrogens with one attached hydrogen (secondary N) is 2. The summed E-state index contributed by atoms with van der Waals surface area (Å²) >= 11 is 7.30. The fourth-order valence-electron chi connectivity index (χ4n) is 2.84. The average Bonchev–Trinajstić information content (AvgIpc) is 3.25. The van der Waals surface area contributed by atoms with Gasteiger partial charge in [0.2, 0.25) is 16.3 Å². The number of hydrogen-bond acceptors (Lipinski definition) is 8. The average molecular weight is 365 g/mol. The van der Waals surface area contributed by atoms with Gasteiger partial charge in [0.1, 0.15) is 11.0 Å². The van der Waals surface area contributed by atoms with Crippen LogP contribution in [0.3, 0.4) is 0 Å². The van der Waals surface area contributed by atoms with Gasteiger partial charge in [-0.1, -0.05) is 11.3 Å². The van der Waals surface area contributed by atoms with E-state index in [0.29, 0.717) is 23.1 Å². The molecule has 0 radical (unpaired) electrons. The van der Waals surface area contributed by atoms with Crippen molar-refractivity contribution in [2.24, 2.45) is 5.92 Å². The van der Waals surface area contributed by atoms with Crippen molar-refractivity contribution in [2.75, 3.05) is 23.3 Å². The molecule has 0 aliphatic carbocycles. The highest BCUT2D eigenvalue weighted by molar-refractivity contribution is 7.13. The summed E-state index contributed by atoms with van der Waals surface area (Å²) < 4.78 is 0. The van der Waals surface area contributed by atoms with Gasteiger partial charge in [-0.15, -0.1) is 10.2 Å². The van der Waals surface area contributed by atoms with Crippen molar-refractivity contribution in [3.05, 3.63) is 17.1 Å². The number of carbonyl (C=O) groups is 1. The van der Waals surface area contributed by atoms with Crippen molar-refractivity contribution in [2.45, 2.75) is 12.8 Å². The van der Waals surface area contributed by atoms with Crippen molar-refractivity contribution in [1.29, 1.82) is 0 Å². The summed E-state index contributed by atoms with van der Waals surface area (Å²) in [5.74, 6) is 0.461. The number of imidazole rings is 1. The van der Waals surface area contributed by atoms with Crippen LogP contribution in [-0.2, 0) is 4.79 Å². The quantitative estimate of drug-likeness (QED) is 0.680. The van der Waals surface area contributed by atoms with E-state index in [1.807, 2.05) is 4.90 Å². The first-order chi connectivity index (χ1) is 11.7. The number of anilines is 2. The van der Waals surface area contributed by atoms with E-state index in [-0.39, 0.29) is 17.1 Å². The van der Waals surface area contributed by atoms with Gasteiger partial charge in [0.05, 0.1) is 12.2 Å². The number of amides is 1. The molecular weight excluding hydrogens is 352 g/mol. The number of aromatic nitrogens is 6. The second kappa shape index (κ2) is 6.29. The number of halogens is 1. The minimum absolute atomic E-state index is 0.0579. The number of piperidine rings is 1. The number of nitrogens with zero attached hydrogens (tertiary/aromatic N) is 6. The van der Waals surface area contributed by atoms with Gasteiger partial charge in [0, 0.05) is 13.1 Å². The molecular formula is C13H13ClN8OS. The van der Waals surface area contributed by atoms with Gasteiger partial charge < -0.3 is 15.2 Å². The normalized spacial score (nSPS) is 18.0. The first-order valence-corrected chi connectivity index (χ1v) is 8.65. The van der Waals surface area contributed by atoms with E-state index in [0.717, 1.165) is 24.9 Å². The largest absolute Gasteiger partial charge is 0.354 e. The third-order valence-electron chi connectivity index (χ3n) is 3.92. The van der Waals surface area contributed by atoms with E-state index in [1.54, 1.807) is 11.8 Å². The van der Waals surface area contributed by atoms with Crippen LogP contribution in [-0.4, -0.2) is 49.1 Å². The predicted octanol–water partition coefficient (Wildman–Crippen LogP) is 1.71. The zero-order valence-electron chi connectivity index (χ0n) is 12.4. The van der Waals surface area contributed by atoms with Gasteiger partial charge in [-0.25, -0.2) is 4.98 Å². The third kappa shape index (κ3) is 2.89. The molecule has 1 atom stereocenters. The number of aromatic amines is 1. The van der Waals surface area contributed by atoms with Gasteiger partial charge in [0.15, 0.2) is 11.5 Å². The van der Waals surface area contributed by atoms with E-state index >= 15 is 0 Å². The number of fused-ring (bicyclic) bond motifs is 1. The summed E-state index contributed by atoms with van der Waals surface area (Å²) in [6, 6.07) is 0.